The normalized spacial score (nSPS) is 10.5. The number of nitrogens with zero attached hydrogens (tertiary/aromatic N) is 2. The number of aromatic nitrogens is 1. The van der Waals surface area contributed by atoms with Crippen LogP contribution in [-0.2, 0) is 16.0 Å². The van der Waals surface area contributed by atoms with Crippen LogP contribution in [0, 0.1) is 13.8 Å². The van der Waals surface area contributed by atoms with Crippen molar-refractivity contribution in [1.82, 2.24) is 5.16 Å². The van der Waals surface area contributed by atoms with Crippen molar-refractivity contribution in [2.75, 3.05) is 16.8 Å². The third-order valence-electron chi connectivity index (χ3n) is 3.81. The molecule has 0 saturated heterocycles. The molecule has 0 saturated carbocycles. The molecule has 1 heterocycles. The highest BCUT2D eigenvalue weighted by Gasteiger charge is 2.18. The lowest BCUT2D eigenvalue weighted by molar-refractivity contribution is -0.117. The van der Waals surface area contributed by atoms with Crippen molar-refractivity contribution in [2.45, 2.75) is 40.5 Å². The molecule has 0 spiro atoms. The average Bonchev–Trinajstić information content (AvgIpc) is 2.93. The number of carbonyl (C=O) groups excluding carboxylic acids is 2. The molecule has 6 heteroatoms. The molecule has 2 amide bonds. The Morgan fingerprint density at radius 3 is 2.62 bits per heavy atom. The van der Waals surface area contributed by atoms with Gasteiger partial charge in [0, 0.05) is 31.6 Å². The molecule has 0 aliphatic rings. The summed E-state index contributed by atoms with van der Waals surface area (Å²) in [6, 6.07) is 7.62. The lowest BCUT2D eigenvalue weighted by Crippen LogP contribution is -2.33. The standard InChI is InChI=1S/C18H23N3O3/c1-5-15-8-6-7-12(2)18(15)21(14(4)22)10-9-17(23)19-16-11-13(3)24-20-16/h6-8,11H,5,9-10H2,1-4H3,(H,19,20,23). The SMILES string of the molecule is CCc1cccc(C)c1N(CCC(=O)Nc1cc(C)on1)C(C)=O. The molecule has 2 aromatic rings. The van der Waals surface area contributed by atoms with Crippen LogP contribution in [0.4, 0.5) is 11.5 Å². The third kappa shape index (κ3) is 4.22. The van der Waals surface area contributed by atoms with E-state index in [4.69, 9.17) is 4.52 Å². The molecule has 128 valence electrons. The van der Waals surface area contributed by atoms with Crippen molar-refractivity contribution in [3.63, 3.8) is 0 Å². The van der Waals surface area contributed by atoms with E-state index in [1.165, 1.54) is 6.92 Å². The van der Waals surface area contributed by atoms with E-state index in [-0.39, 0.29) is 18.2 Å². The van der Waals surface area contributed by atoms with Gasteiger partial charge in [0.05, 0.1) is 0 Å². The summed E-state index contributed by atoms with van der Waals surface area (Å²) in [5.74, 6) is 0.727. The fourth-order valence-corrected chi connectivity index (χ4v) is 2.66. The molecule has 0 aliphatic carbocycles. The van der Waals surface area contributed by atoms with Crippen molar-refractivity contribution < 1.29 is 14.1 Å². The van der Waals surface area contributed by atoms with Crippen LogP contribution in [0.1, 0.15) is 37.2 Å². The summed E-state index contributed by atoms with van der Waals surface area (Å²) in [4.78, 5) is 25.9. The van der Waals surface area contributed by atoms with Crippen molar-refractivity contribution in [3.05, 3.63) is 41.2 Å². The second-order valence-electron chi connectivity index (χ2n) is 5.73. The zero-order valence-electron chi connectivity index (χ0n) is 14.5. The Morgan fingerprint density at radius 2 is 2.04 bits per heavy atom. The van der Waals surface area contributed by atoms with Crippen LogP contribution in [0.3, 0.4) is 0 Å². The highest BCUT2D eigenvalue weighted by molar-refractivity contribution is 5.95. The Bertz CT molecular complexity index is 737. The van der Waals surface area contributed by atoms with Gasteiger partial charge in [-0.25, -0.2) is 0 Å². The molecule has 1 N–H and O–H groups in total. The lowest BCUT2D eigenvalue weighted by Gasteiger charge is -2.25. The van der Waals surface area contributed by atoms with Gasteiger partial charge >= 0.3 is 0 Å². The predicted octanol–water partition coefficient (Wildman–Crippen LogP) is 3.24. The minimum absolute atomic E-state index is 0.0796. The molecule has 0 aliphatic heterocycles. The first-order valence-electron chi connectivity index (χ1n) is 8.02. The molecule has 2 rings (SSSR count). The molecule has 0 atom stereocenters. The van der Waals surface area contributed by atoms with Crippen LogP contribution in [0.15, 0.2) is 28.8 Å². The highest BCUT2D eigenvalue weighted by Crippen LogP contribution is 2.26. The number of carbonyl (C=O) groups is 2. The highest BCUT2D eigenvalue weighted by atomic mass is 16.5. The minimum atomic E-state index is -0.207. The van der Waals surface area contributed by atoms with Crippen LogP contribution in [0.2, 0.25) is 0 Å². The summed E-state index contributed by atoms with van der Waals surface area (Å²) in [7, 11) is 0. The average molecular weight is 329 g/mol. The zero-order valence-corrected chi connectivity index (χ0v) is 14.5. The molecule has 1 aromatic carbocycles. The minimum Gasteiger partial charge on any atom is -0.360 e. The fourth-order valence-electron chi connectivity index (χ4n) is 2.66. The second kappa shape index (κ2) is 7.77. The second-order valence-corrected chi connectivity index (χ2v) is 5.73. The number of para-hydroxylation sites is 1. The van der Waals surface area contributed by atoms with Gasteiger partial charge in [-0.1, -0.05) is 30.3 Å². The lowest BCUT2D eigenvalue weighted by atomic mass is 10.0. The van der Waals surface area contributed by atoms with E-state index in [9.17, 15) is 9.59 Å². The molecule has 0 bridgehead atoms. The molecular weight excluding hydrogens is 306 g/mol. The summed E-state index contributed by atoms with van der Waals surface area (Å²) in [5, 5.41) is 6.40. The maximum atomic E-state index is 12.1. The van der Waals surface area contributed by atoms with Crippen molar-refractivity contribution in [1.29, 1.82) is 0 Å². The van der Waals surface area contributed by atoms with Crippen LogP contribution in [0.25, 0.3) is 0 Å². The first kappa shape index (κ1) is 17.7. The molecule has 6 nitrogen and oxygen atoms in total. The maximum absolute atomic E-state index is 12.1. The van der Waals surface area contributed by atoms with E-state index in [0.717, 1.165) is 23.2 Å². The van der Waals surface area contributed by atoms with Gasteiger partial charge in [0.25, 0.3) is 0 Å². The van der Waals surface area contributed by atoms with Gasteiger partial charge < -0.3 is 14.7 Å². The van der Waals surface area contributed by atoms with E-state index in [1.807, 2.05) is 25.1 Å². The van der Waals surface area contributed by atoms with Gasteiger partial charge in [-0.05, 0) is 31.4 Å². The van der Waals surface area contributed by atoms with Gasteiger partial charge in [0.2, 0.25) is 11.8 Å². The van der Waals surface area contributed by atoms with Crippen LogP contribution in [-0.4, -0.2) is 23.5 Å². The Morgan fingerprint density at radius 1 is 1.29 bits per heavy atom. The Kier molecular flexibility index (Phi) is 5.73. The van der Waals surface area contributed by atoms with E-state index in [2.05, 4.69) is 17.4 Å². The van der Waals surface area contributed by atoms with Gasteiger partial charge in [-0.3, -0.25) is 9.59 Å². The van der Waals surface area contributed by atoms with E-state index >= 15 is 0 Å². The maximum Gasteiger partial charge on any atom is 0.227 e. The van der Waals surface area contributed by atoms with E-state index in [1.54, 1.807) is 17.9 Å². The molecule has 0 fully saturated rings. The first-order valence-corrected chi connectivity index (χ1v) is 8.02. The van der Waals surface area contributed by atoms with Crippen LogP contribution >= 0.6 is 0 Å². The van der Waals surface area contributed by atoms with Crippen LogP contribution < -0.4 is 10.2 Å². The van der Waals surface area contributed by atoms with Gasteiger partial charge in [-0.2, -0.15) is 0 Å². The van der Waals surface area contributed by atoms with Crippen molar-refractivity contribution in [2.24, 2.45) is 0 Å². The molecule has 24 heavy (non-hydrogen) atoms. The summed E-state index contributed by atoms with van der Waals surface area (Å²) >= 11 is 0. The van der Waals surface area contributed by atoms with Crippen molar-refractivity contribution in [3.8, 4) is 0 Å². The van der Waals surface area contributed by atoms with E-state index in [0.29, 0.717) is 18.1 Å². The van der Waals surface area contributed by atoms with E-state index < -0.39 is 0 Å². The number of nitrogens with one attached hydrogen (secondary N) is 1. The molecule has 0 unspecified atom stereocenters. The number of anilines is 2. The largest absolute Gasteiger partial charge is 0.360 e. The Labute approximate surface area is 141 Å². The number of aryl methyl sites for hydroxylation is 3. The Balaban J connectivity index is 2.10. The number of benzene rings is 1. The third-order valence-corrected chi connectivity index (χ3v) is 3.81. The smallest absolute Gasteiger partial charge is 0.227 e. The predicted molar refractivity (Wildman–Crippen MR) is 93.1 cm³/mol. The zero-order chi connectivity index (χ0) is 17.7. The molecular formula is C18H23N3O3. The first-order chi connectivity index (χ1) is 11.4. The van der Waals surface area contributed by atoms with Gasteiger partial charge in [0.1, 0.15) is 5.76 Å². The number of hydrogen-bond acceptors (Lipinski definition) is 4. The summed E-state index contributed by atoms with van der Waals surface area (Å²) in [5.41, 5.74) is 3.02. The summed E-state index contributed by atoms with van der Waals surface area (Å²) in [6.45, 7) is 7.62. The number of amides is 2. The number of hydrogen-bond donors (Lipinski definition) is 1. The van der Waals surface area contributed by atoms with Crippen molar-refractivity contribution >= 4 is 23.3 Å². The summed E-state index contributed by atoms with van der Waals surface area (Å²) in [6.07, 6.45) is 1.01. The van der Waals surface area contributed by atoms with Gasteiger partial charge in [-0.15, -0.1) is 0 Å². The van der Waals surface area contributed by atoms with Crippen LogP contribution in [0.5, 0.6) is 0 Å². The monoisotopic (exact) mass is 329 g/mol. The molecule has 0 radical (unpaired) electrons. The molecule has 1 aromatic heterocycles. The Hall–Kier alpha value is -2.63. The number of rotatable bonds is 6. The summed E-state index contributed by atoms with van der Waals surface area (Å²) < 4.78 is 4.92. The topological polar surface area (TPSA) is 75.4 Å². The van der Waals surface area contributed by atoms with Gasteiger partial charge in [0.15, 0.2) is 5.82 Å². The quantitative estimate of drug-likeness (QED) is 0.883. The fraction of sp³-hybridized carbons (Fsp3) is 0.389.